The van der Waals surface area contributed by atoms with Crippen molar-refractivity contribution < 1.29 is 17.2 Å². The molecule has 0 amide bonds. The second-order valence-electron chi connectivity index (χ2n) is 6.22. The minimum absolute atomic E-state index is 0.0261. The molecule has 9 heteroatoms. The van der Waals surface area contributed by atoms with Crippen molar-refractivity contribution in [2.75, 3.05) is 5.32 Å². The zero-order chi connectivity index (χ0) is 21.3. The largest absolute Gasteiger partial charge is 0.419 e. The van der Waals surface area contributed by atoms with Gasteiger partial charge in [0.2, 0.25) is 26.6 Å². The predicted octanol–water partition coefficient (Wildman–Crippen LogP) is 6.47. The topological polar surface area (TPSA) is 72.2 Å². The summed E-state index contributed by atoms with van der Waals surface area (Å²) < 4.78 is 47.1. The van der Waals surface area contributed by atoms with Gasteiger partial charge in [0.05, 0.1) is 10.5 Å². The number of nitrogens with zero attached hydrogens (tertiary/aromatic N) is 1. The van der Waals surface area contributed by atoms with E-state index < -0.39 is 15.7 Å². The fraction of sp³-hybridized carbons (Fsp3) is 0. The summed E-state index contributed by atoms with van der Waals surface area (Å²) >= 11 is 9.19. The Morgan fingerprint density at radius 1 is 0.967 bits per heavy atom. The van der Waals surface area contributed by atoms with E-state index in [2.05, 4.69) is 26.2 Å². The lowest BCUT2D eigenvalue weighted by Crippen LogP contribution is -2.05. The highest BCUT2D eigenvalue weighted by Gasteiger charge is 2.29. The molecule has 0 saturated carbocycles. The fourth-order valence-electron chi connectivity index (χ4n) is 2.71. The Hall–Kier alpha value is -2.68. The van der Waals surface area contributed by atoms with Gasteiger partial charge in [-0.15, -0.1) is 0 Å². The first-order chi connectivity index (χ1) is 14.3. The number of nitrogens with one attached hydrogen (secondary N) is 1. The molecule has 0 aliphatic heterocycles. The molecular formula is C21H13BrClFN2O3S. The van der Waals surface area contributed by atoms with Crippen LogP contribution in [0.5, 0.6) is 0 Å². The van der Waals surface area contributed by atoms with Crippen LogP contribution in [-0.2, 0) is 9.84 Å². The SMILES string of the molecule is O=S(=O)(c1ccc(Br)cc1)c1nc(-c2ccccc2F)oc1Nc1ccc(Cl)cc1. The van der Waals surface area contributed by atoms with E-state index in [9.17, 15) is 12.8 Å². The quantitative estimate of drug-likeness (QED) is 0.335. The molecule has 152 valence electrons. The second kappa shape index (κ2) is 8.22. The van der Waals surface area contributed by atoms with Crippen LogP contribution < -0.4 is 5.32 Å². The van der Waals surface area contributed by atoms with E-state index >= 15 is 0 Å². The van der Waals surface area contributed by atoms with E-state index in [0.29, 0.717) is 10.7 Å². The van der Waals surface area contributed by atoms with Crippen LogP contribution in [0.3, 0.4) is 0 Å². The smallest absolute Gasteiger partial charge is 0.238 e. The molecule has 0 aliphatic carbocycles. The molecule has 0 aliphatic rings. The maximum absolute atomic E-state index is 14.3. The van der Waals surface area contributed by atoms with E-state index in [0.717, 1.165) is 4.47 Å². The second-order valence-corrected chi connectivity index (χ2v) is 9.44. The lowest BCUT2D eigenvalue weighted by molar-refractivity contribution is 0.572. The molecule has 0 fully saturated rings. The molecular weight excluding hydrogens is 495 g/mol. The highest BCUT2D eigenvalue weighted by molar-refractivity contribution is 9.10. The Balaban J connectivity index is 1.85. The molecule has 5 nitrogen and oxygen atoms in total. The molecule has 1 aromatic heterocycles. The molecule has 0 atom stereocenters. The maximum atomic E-state index is 14.3. The van der Waals surface area contributed by atoms with Crippen molar-refractivity contribution in [2.45, 2.75) is 9.92 Å². The van der Waals surface area contributed by atoms with Crippen LogP contribution in [0.25, 0.3) is 11.5 Å². The maximum Gasteiger partial charge on any atom is 0.238 e. The van der Waals surface area contributed by atoms with Crippen molar-refractivity contribution in [3.8, 4) is 11.5 Å². The summed E-state index contributed by atoms with van der Waals surface area (Å²) in [7, 11) is -4.05. The lowest BCUT2D eigenvalue weighted by atomic mass is 10.2. The molecule has 30 heavy (non-hydrogen) atoms. The zero-order valence-electron chi connectivity index (χ0n) is 15.1. The van der Waals surface area contributed by atoms with Crippen LogP contribution in [0.2, 0.25) is 5.02 Å². The summed E-state index contributed by atoms with van der Waals surface area (Å²) in [6.07, 6.45) is 0. The van der Waals surface area contributed by atoms with Gasteiger partial charge in [-0.3, -0.25) is 0 Å². The summed E-state index contributed by atoms with van der Waals surface area (Å²) in [6.45, 7) is 0. The fourth-order valence-corrected chi connectivity index (χ4v) is 4.35. The van der Waals surface area contributed by atoms with E-state index in [1.54, 1.807) is 42.5 Å². The van der Waals surface area contributed by atoms with E-state index in [1.165, 1.54) is 30.3 Å². The first kappa shape index (κ1) is 20.6. The van der Waals surface area contributed by atoms with Gasteiger partial charge in [0.1, 0.15) is 5.82 Å². The van der Waals surface area contributed by atoms with Gasteiger partial charge < -0.3 is 9.73 Å². The Morgan fingerprint density at radius 3 is 2.30 bits per heavy atom. The standard InChI is InChI=1S/C21H13BrClFN2O3S/c22-13-5-11-16(12-6-13)30(27,28)21-20(25-15-9-7-14(23)8-10-15)29-19(26-21)17-3-1-2-4-18(17)24/h1-12,25H. The first-order valence-electron chi connectivity index (χ1n) is 8.63. The predicted molar refractivity (Wildman–Crippen MR) is 116 cm³/mol. The third-order valence-corrected chi connectivity index (χ3v) is 6.64. The van der Waals surface area contributed by atoms with Crippen molar-refractivity contribution in [3.63, 3.8) is 0 Å². The molecule has 0 spiro atoms. The third-order valence-electron chi connectivity index (χ3n) is 4.18. The zero-order valence-corrected chi connectivity index (χ0v) is 18.3. The third kappa shape index (κ3) is 4.12. The highest BCUT2D eigenvalue weighted by atomic mass is 79.9. The van der Waals surface area contributed by atoms with Crippen LogP contribution in [0, 0.1) is 5.82 Å². The average Bonchev–Trinajstić information content (AvgIpc) is 3.15. The molecule has 1 heterocycles. The number of anilines is 2. The number of sulfone groups is 1. The lowest BCUT2D eigenvalue weighted by Gasteiger charge is -2.06. The van der Waals surface area contributed by atoms with Gasteiger partial charge in [-0.05, 0) is 60.7 Å². The molecule has 4 aromatic rings. The van der Waals surface area contributed by atoms with Gasteiger partial charge >= 0.3 is 0 Å². The van der Waals surface area contributed by atoms with Crippen LogP contribution in [0.1, 0.15) is 0 Å². The normalized spacial score (nSPS) is 11.4. The number of oxazole rings is 1. The minimum atomic E-state index is -4.05. The van der Waals surface area contributed by atoms with Crippen LogP contribution in [0.15, 0.2) is 91.6 Å². The average molecular weight is 508 g/mol. The van der Waals surface area contributed by atoms with Gasteiger partial charge in [-0.1, -0.05) is 39.7 Å². The number of halogens is 3. The number of hydrogen-bond donors (Lipinski definition) is 1. The molecule has 0 saturated heterocycles. The summed E-state index contributed by atoms with van der Waals surface area (Å²) in [5, 5.41) is 3.07. The van der Waals surface area contributed by atoms with Crippen LogP contribution >= 0.6 is 27.5 Å². The molecule has 1 N–H and O–H groups in total. The van der Waals surface area contributed by atoms with Gasteiger partial charge in [0.25, 0.3) is 0 Å². The van der Waals surface area contributed by atoms with Crippen LogP contribution in [-0.4, -0.2) is 13.4 Å². The van der Waals surface area contributed by atoms with Crippen molar-refractivity contribution in [3.05, 3.63) is 88.1 Å². The number of aromatic nitrogens is 1. The Bertz CT molecular complexity index is 1310. The van der Waals surface area contributed by atoms with Gasteiger partial charge in [-0.2, -0.15) is 4.98 Å². The minimum Gasteiger partial charge on any atom is -0.419 e. The Labute approximate surface area is 185 Å². The molecule has 0 radical (unpaired) electrons. The molecule has 3 aromatic carbocycles. The van der Waals surface area contributed by atoms with E-state index in [4.69, 9.17) is 16.0 Å². The first-order valence-corrected chi connectivity index (χ1v) is 11.3. The van der Waals surface area contributed by atoms with E-state index in [1.807, 2.05) is 0 Å². The highest BCUT2D eigenvalue weighted by Crippen LogP contribution is 2.35. The molecule has 0 bridgehead atoms. The number of hydrogen-bond acceptors (Lipinski definition) is 5. The van der Waals surface area contributed by atoms with Gasteiger partial charge in [0.15, 0.2) is 0 Å². The number of rotatable bonds is 5. The van der Waals surface area contributed by atoms with E-state index in [-0.39, 0.29) is 27.3 Å². The van der Waals surface area contributed by atoms with Gasteiger partial charge in [-0.25, -0.2) is 12.8 Å². The summed E-state index contributed by atoms with van der Waals surface area (Å²) in [5.41, 5.74) is 0.580. The van der Waals surface area contributed by atoms with Crippen molar-refractivity contribution in [2.24, 2.45) is 0 Å². The van der Waals surface area contributed by atoms with Crippen LogP contribution in [0.4, 0.5) is 16.0 Å². The molecule has 4 rings (SSSR count). The van der Waals surface area contributed by atoms with Crippen molar-refractivity contribution >= 4 is 48.9 Å². The summed E-state index contributed by atoms with van der Waals surface area (Å²) in [5.74, 6) is -0.858. The molecule has 0 unspecified atom stereocenters. The van der Waals surface area contributed by atoms with Crippen molar-refractivity contribution in [1.29, 1.82) is 0 Å². The summed E-state index contributed by atoms with van der Waals surface area (Å²) in [4.78, 5) is 4.16. The summed E-state index contributed by atoms with van der Waals surface area (Å²) in [6, 6.07) is 18.5. The van der Waals surface area contributed by atoms with Gasteiger partial charge in [0, 0.05) is 15.2 Å². The monoisotopic (exact) mass is 506 g/mol. The Kier molecular flexibility index (Phi) is 5.64. The van der Waals surface area contributed by atoms with Crippen molar-refractivity contribution in [1.82, 2.24) is 4.98 Å². The number of benzene rings is 3. The Morgan fingerprint density at radius 2 is 1.63 bits per heavy atom.